The molecular weight excluding hydrogens is 242 g/mol. The summed E-state index contributed by atoms with van der Waals surface area (Å²) in [6.07, 6.45) is 1.67. The highest BCUT2D eigenvalue weighted by atomic mass is 32.1. The van der Waals surface area contributed by atoms with Crippen molar-refractivity contribution in [3.8, 4) is 6.07 Å². The number of nitriles is 1. The van der Waals surface area contributed by atoms with E-state index in [-0.39, 0.29) is 11.7 Å². The third kappa shape index (κ3) is 1.66. The van der Waals surface area contributed by atoms with Crippen LogP contribution in [0.25, 0.3) is 0 Å². The van der Waals surface area contributed by atoms with Crippen LogP contribution in [0, 0.1) is 11.3 Å². The van der Waals surface area contributed by atoms with E-state index in [0.717, 1.165) is 34.4 Å². The summed E-state index contributed by atoms with van der Waals surface area (Å²) in [6.45, 7) is 0. The average Bonchev–Trinajstić information content (AvgIpc) is 3.06. The molecule has 88 valence electrons. The number of rotatable bonds is 2. The molecule has 2 nitrogen and oxygen atoms in total. The molecule has 0 bridgehead atoms. The molecule has 0 N–H and O–H groups in total. The Morgan fingerprint density at radius 1 is 1.33 bits per heavy atom. The number of ketones is 1. The van der Waals surface area contributed by atoms with Gasteiger partial charge in [0.25, 0.3) is 0 Å². The number of hydrogen-bond donors (Lipinski definition) is 0. The first kappa shape index (κ1) is 11.2. The predicted molar refractivity (Wildman–Crippen MR) is 70.9 cm³/mol. The van der Waals surface area contributed by atoms with Crippen molar-refractivity contribution < 1.29 is 4.79 Å². The van der Waals surface area contributed by atoms with E-state index in [1.54, 1.807) is 0 Å². The highest BCUT2D eigenvalue weighted by molar-refractivity contribution is 7.12. The van der Waals surface area contributed by atoms with Crippen LogP contribution in [-0.2, 0) is 6.42 Å². The average molecular weight is 253 g/mol. The summed E-state index contributed by atoms with van der Waals surface area (Å²) in [5.74, 6) is 0.0384. The summed E-state index contributed by atoms with van der Waals surface area (Å²) >= 11 is 1.46. The Morgan fingerprint density at radius 3 is 2.94 bits per heavy atom. The van der Waals surface area contributed by atoms with E-state index in [9.17, 15) is 4.79 Å². The summed E-state index contributed by atoms with van der Waals surface area (Å²) < 4.78 is 0. The minimum absolute atomic E-state index is 0.0453. The largest absolute Gasteiger partial charge is 0.288 e. The molecule has 18 heavy (non-hydrogen) atoms. The lowest BCUT2D eigenvalue weighted by Gasteiger charge is -2.07. The fourth-order valence-electron chi connectivity index (χ4n) is 2.54. The van der Waals surface area contributed by atoms with Gasteiger partial charge in [-0.25, -0.2) is 0 Å². The fraction of sp³-hybridized carbons (Fsp3) is 0.200. The maximum absolute atomic E-state index is 12.4. The third-order valence-electron chi connectivity index (χ3n) is 3.42. The topological polar surface area (TPSA) is 40.9 Å². The van der Waals surface area contributed by atoms with Crippen LogP contribution in [0.1, 0.15) is 38.7 Å². The molecule has 1 aliphatic rings. The highest BCUT2D eigenvalue weighted by Gasteiger charge is 2.26. The molecule has 3 heteroatoms. The van der Waals surface area contributed by atoms with Crippen LogP contribution in [0.3, 0.4) is 0 Å². The first-order valence-corrected chi connectivity index (χ1v) is 6.79. The molecule has 0 aliphatic heterocycles. The molecule has 1 aliphatic carbocycles. The van der Waals surface area contributed by atoms with Gasteiger partial charge >= 0.3 is 0 Å². The number of nitrogens with zero attached hydrogens (tertiary/aromatic N) is 1. The zero-order valence-electron chi connectivity index (χ0n) is 9.72. The lowest BCUT2D eigenvalue weighted by atomic mass is 9.97. The highest BCUT2D eigenvalue weighted by Crippen LogP contribution is 2.35. The molecule has 1 aromatic carbocycles. The van der Waals surface area contributed by atoms with Gasteiger partial charge < -0.3 is 0 Å². The number of hydrogen-bond acceptors (Lipinski definition) is 3. The van der Waals surface area contributed by atoms with Crippen LogP contribution in [0.15, 0.2) is 35.7 Å². The standard InChI is InChI=1S/C15H11NOS/c16-9-10-6-7-12-11(10)3-1-4-13(12)15(17)14-5-2-8-18-14/h1-5,8,10H,6-7H2. The van der Waals surface area contributed by atoms with Crippen molar-refractivity contribution in [2.24, 2.45) is 0 Å². The van der Waals surface area contributed by atoms with Gasteiger partial charge in [-0.2, -0.15) is 5.26 Å². The number of carbonyl (C=O) groups excluding carboxylic acids is 1. The van der Waals surface area contributed by atoms with E-state index in [1.165, 1.54) is 11.3 Å². The summed E-state index contributed by atoms with van der Waals surface area (Å²) in [6, 6.07) is 11.8. The Balaban J connectivity index is 2.08. The van der Waals surface area contributed by atoms with Crippen molar-refractivity contribution in [3.05, 3.63) is 57.3 Å². The van der Waals surface area contributed by atoms with Crippen molar-refractivity contribution >= 4 is 17.1 Å². The number of carbonyl (C=O) groups is 1. The van der Waals surface area contributed by atoms with Gasteiger partial charge in [-0.3, -0.25) is 4.79 Å². The minimum atomic E-state index is -0.0453. The zero-order valence-corrected chi connectivity index (χ0v) is 10.5. The second-order valence-corrected chi connectivity index (χ2v) is 5.35. The Hall–Kier alpha value is -1.92. The summed E-state index contributed by atoms with van der Waals surface area (Å²) in [7, 11) is 0. The van der Waals surface area contributed by atoms with Crippen molar-refractivity contribution in [2.75, 3.05) is 0 Å². The van der Waals surface area contributed by atoms with Gasteiger partial charge in [0.1, 0.15) is 0 Å². The van der Waals surface area contributed by atoms with Crippen molar-refractivity contribution in [1.82, 2.24) is 0 Å². The van der Waals surface area contributed by atoms with E-state index < -0.39 is 0 Å². The SMILES string of the molecule is N#CC1CCc2c(C(=O)c3cccs3)cccc21. The van der Waals surface area contributed by atoms with Gasteiger partial charge in [0.2, 0.25) is 5.78 Å². The maximum atomic E-state index is 12.4. The summed E-state index contributed by atoms with van der Waals surface area (Å²) in [5, 5.41) is 11.0. The molecule has 1 aromatic heterocycles. The smallest absolute Gasteiger partial charge is 0.203 e. The monoisotopic (exact) mass is 253 g/mol. The lowest BCUT2D eigenvalue weighted by molar-refractivity contribution is 0.104. The van der Waals surface area contributed by atoms with Gasteiger partial charge in [0.15, 0.2) is 0 Å². The quantitative estimate of drug-likeness (QED) is 0.768. The van der Waals surface area contributed by atoms with Crippen molar-refractivity contribution in [2.45, 2.75) is 18.8 Å². The Bertz CT molecular complexity index is 637. The van der Waals surface area contributed by atoms with E-state index in [2.05, 4.69) is 6.07 Å². The molecule has 0 saturated carbocycles. The first-order chi connectivity index (χ1) is 8.81. The van der Waals surface area contributed by atoms with Crippen LogP contribution in [0.4, 0.5) is 0 Å². The second kappa shape index (κ2) is 4.40. The van der Waals surface area contributed by atoms with Gasteiger partial charge in [-0.05, 0) is 35.4 Å². The molecule has 0 spiro atoms. The first-order valence-electron chi connectivity index (χ1n) is 5.91. The van der Waals surface area contributed by atoms with Crippen LogP contribution in [0.5, 0.6) is 0 Å². The minimum Gasteiger partial charge on any atom is -0.288 e. The zero-order chi connectivity index (χ0) is 12.5. The maximum Gasteiger partial charge on any atom is 0.203 e. The molecule has 1 heterocycles. The van der Waals surface area contributed by atoms with E-state index in [4.69, 9.17) is 5.26 Å². The van der Waals surface area contributed by atoms with Crippen molar-refractivity contribution in [3.63, 3.8) is 0 Å². The van der Waals surface area contributed by atoms with E-state index in [1.807, 2.05) is 35.7 Å². The fourth-order valence-corrected chi connectivity index (χ4v) is 3.22. The van der Waals surface area contributed by atoms with Gasteiger partial charge in [0.05, 0.1) is 16.9 Å². The molecule has 0 fully saturated rings. The van der Waals surface area contributed by atoms with Gasteiger partial charge in [-0.15, -0.1) is 11.3 Å². The second-order valence-electron chi connectivity index (χ2n) is 4.40. The molecule has 1 atom stereocenters. The number of thiophene rings is 1. The molecule has 2 aromatic rings. The molecule has 3 rings (SSSR count). The molecule has 0 radical (unpaired) electrons. The van der Waals surface area contributed by atoms with Crippen molar-refractivity contribution in [1.29, 1.82) is 5.26 Å². The Morgan fingerprint density at radius 2 is 2.22 bits per heavy atom. The number of benzene rings is 1. The van der Waals surface area contributed by atoms with Crippen LogP contribution >= 0.6 is 11.3 Å². The molecule has 0 amide bonds. The molecule has 0 saturated heterocycles. The van der Waals surface area contributed by atoms with Gasteiger partial charge in [0, 0.05) is 5.56 Å². The normalized spacial score (nSPS) is 17.2. The van der Waals surface area contributed by atoms with Crippen LogP contribution in [0.2, 0.25) is 0 Å². The Kier molecular flexibility index (Phi) is 2.73. The van der Waals surface area contributed by atoms with Crippen LogP contribution in [-0.4, -0.2) is 5.78 Å². The molecule has 1 unspecified atom stereocenters. The Labute approximate surface area is 110 Å². The summed E-state index contributed by atoms with van der Waals surface area (Å²) in [4.78, 5) is 13.2. The van der Waals surface area contributed by atoms with E-state index in [0.29, 0.717) is 0 Å². The van der Waals surface area contributed by atoms with Gasteiger partial charge in [-0.1, -0.05) is 24.3 Å². The summed E-state index contributed by atoms with van der Waals surface area (Å²) in [5.41, 5.74) is 2.88. The molecular formula is C15H11NOS. The number of fused-ring (bicyclic) bond motifs is 1. The third-order valence-corrected chi connectivity index (χ3v) is 4.28. The lowest BCUT2D eigenvalue weighted by Crippen LogP contribution is -2.03. The van der Waals surface area contributed by atoms with E-state index >= 15 is 0 Å². The predicted octanol–water partition coefficient (Wildman–Crippen LogP) is 3.53. The van der Waals surface area contributed by atoms with Crippen LogP contribution < -0.4 is 0 Å².